The van der Waals surface area contributed by atoms with E-state index in [1.165, 1.54) is 12.1 Å². The lowest BCUT2D eigenvalue weighted by Crippen LogP contribution is -2.36. The maximum Gasteiger partial charge on any atom is 0.309 e. The minimum absolute atomic E-state index is 0.117. The molecule has 8 nitrogen and oxygen atoms in total. The van der Waals surface area contributed by atoms with Crippen molar-refractivity contribution in [2.45, 2.75) is 52.1 Å². The van der Waals surface area contributed by atoms with Crippen molar-refractivity contribution in [2.24, 2.45) is 5.41 Å². The Kier molecular flexibility index (Phi) is 8.91. The van der Waals surface area contributed by atoms with Crippen LogP contribution >= 0.6 is 0 Å². The number of carboxylic acid groups (broad SMARTS) is 1. The molecule has 1 unspecified atom stereocenters. The van der Waals surface area contributed by atoms with Gasteiger partial charge in [-0.25, -0.2) is 4.39 Å². The van der Waals surface area contributed by atoms with Gasteiger partial charge >= 0.3 is 5.97 Å². The molecule has 2 aromatic carbocycles. The molecule has 1 atom stereocenters. The second-order valence-electron chi connectivity index (χ2n) is 10.4. The number of carbonyl (C=O) groups is 3. The molecule has 37 heavy (non-hydrogen) atoms. The van der Waals surface area contributed by atoms with Gasteiger partial charge in [0.15, 0.2) is 12.4 Å². The van der Waals surface area contributed by atoms with Crippen molar-refractivity contribution < 1.29 is 38.1 Å². The highest BCUT2D eigenvalue weighted by Gasteiger charge is 2.31. The largest absolute Gasteiger partial charge is 0.492 e. The topological polar surface area (TPSA) is 111 Å². The summed E-state index contributed by atoms with van der Waals surface area (Å²) in [5, 5.41) is 12.0. The number of carboxylic acids is 1. The van der Waals surface area contributed by atoms with Crippen LogP contribution < -0.4 is 14.8 Å². The number of ether oxygens (including phenoxy) is 3. The Morgan fingerprint density at radius 2 is 1.81 bits per heavy atom. The summed E-state index contributed by atoms with van der Waals surface area (Å²) in [5.74, 6) is -1.40. The lowest BCUT2D eigenvalue weighted by atomic mass is 9.89. The van der Waals surface area contributed by atoms with Crippen molar-refractivity contribution in [2.75, 3.05) is 26.4 Å². The van der Waals surface area contributed by atoms with Gasteiger partial charge in [-0.2, -0.15) is 0 Å². The van der Waals surface area contributed by atoms with E-state index >= 15 is 0 Å². The van der Waals surface area contributed by atoms with Crippen LogP contribution in [0.1, 0.15) is 62.4 Å². The second kappa shape index (κ2) is 11.7. The fourth-order valence-electron chi connectivity index (χ4n) is 3.76. The second-order valence-corrected chi connectivity index (χ2v) is 10.4. The summed E-state index contributed by atoms with van der Waals surface area (Å²) < 4.78 is 30.4. The highest BCUT2D eigenvalue weighted by atomic mass is 19.1. The van der Waals surface area contributed by atoms with Crippen LogP contribution in [0.4, 0.5) is 4.39 Å². The van der Waals surface area contributed by atoms with E-state index in [-0.39, 0.29) is 30.7 Å². The van der Waals surface area contributed by atoms with E-state index in [0.717, 1.165) is 0 Å². The number of hydrogen-bond acceptors (Lipinski definition) is 6. The normalized spacial score (nSPS) is 15.5. The van der Waals surface area contributed by atoms with Crippen LogP contribution in [-0.4, -0.2) is 54.7 Å². The quantitative estimate of drug-likeness (QED) is 0.432. The summed E-state index contributed by atoms with van der Waals surface area (Å²) in [6.45, 7) is 7.68. The lowest BCUT2D eigenvalue weighted by molar-refractivity contribution is -0.149. The van der Waals surface area contributed by atoms with Crippen molar-refractivity contribution in [3.05, 3.63) is 59.4 Å². The summed E-state index contributed by atoms with van der Waals surface area (Å²) >= 11 is 0. The van der Waals surface area contributed by atoms with Gasteiger partial charge in [-0.3, -0.25) is 14.4 Å². The Morgan fingerprint density at radius 3 is 2.49 bits per heavy atom. The third-order valence-corrected chi connectivity index (χ3v) is 6.43. The van der Waals surface area contributed by atoms with Crippen LogP contribution in [0.3, 0.4) is 0 Å². The van der Waals surface area contributed by atoms with Gasteiger partial charge in [0.1, 0.15) is 23.9 Å². The lowest BCUT2D eigenvalue weighted by Gasteiger charge is -2.27. The molecule has 3 rings (SSSR count). The average molecular weight is 516 g/mol. The molecule has 2 aromatic rings. The highest BCUT2D eigenvalue weighted by Crippen LogP contribution is 2.35. The molecule has 0 aliphatic carbocycles. The van der Waals surface area contributed by atoms with Gasteiger partial charge in [-0.15, -0.1) is 0 Å². The number of halogens is 1. The van der Waals surface area contributed by atoms with E-state index in [1.807, 2.05) is 13.8 Å². The molecule has 0 saturated heterocycles. The van der Waals surface area contributed by atoms with Gasteiger partial charge < -0.3 is 24.6 Å². The highest BCUT2D eigenvalue weighted by molar-refractivity contribution is 6.04. The number of carbonyl (C=O) groups excluding carboxylic acids is 2. The van der Waals surface area contributed by atoms with E-state index < -0.39 is 22.9 Å². The molecule has 0 aromatic heterocycles. The maximum atomic E-state index is 13.2. The third-order valence-electron chi connectivity index (χ3n) is 6.43. The first kappa shape index (κ1) is 28.1. The SMILES string of the molecule is CC(C)(CCNC(=O)COc1ccc2c(c1)OCC(c1ccc(F)cc1)C2=O)OCCC(C)(C)C(=O)O. The van der Waals surface area contributed by atoms with Crippen LogP contribution in [-0.2, 0) is 14.3 Å². The molecule has 0 radical (unpaired) electrons. The van der Waals surface area contributed by atoms with Crippen LogP contribution in [0.25, 0.3) is 0 Å². The fourth-order valence-corrected chi connectivity index (χ4v) is 3.76. The zero-order chi connectivity index (χ0) is 27.2. The number of hydrogen-bond donors (Lipinski definition) is 2. The van der Waals surface area contributed by atoms with Gasteiger partial charge in [0.05, 0.1) is 22.5 Å². The Morgan fingerprint density at radius 1 is 1.11 bits per heavy atom. The number of Topliss-reactive ketones (excluding diaryl/α,β-unsaturated/α-hetero) is 1. The summed E-state index contributed by atoms with van der Waals surface area (Å²) in [5.41, 5.74) is -0.296. The van der Waals surface area contributed by atoms with E-state index in [0.29, 0.717) is 48.6 Å². The number of rotatable bonds is 12. The first-order valence-electron chi connectivity index (χ1n) is 12.2. The van der Waals surface area contributed by atoms with E-state index in [4.69, 9.17) is 14.2 Å². The number of nitrogens with one attached hydrogen (secondary N) is 1. The van der Waals surface area contributed by atoms with E-state index in [1.54, 1.807) is 44.2 Å². The molecule has 0 spiro atoms. The predicted octanol–water partition coefficient (Wildman–Crippen LogP) is 4.37. The van der Waals surface area contributed by atoms with Gasteiger partial charge in [0, 0.05) is 19.2 Å². The van der Waals surface area contributed by atoms with Crippen LogP contribution in [0.5, 0.6) is 11.5 Å². The Labute approximate surface area is 216 Å². The standard InChI is InChI=1S/C28H34FNO7/c1-27(2,26(33)34)12-14-37-28(3,4)11-13-30-24(31)17-35-20-9-10-21-23(15-20)36-16-22(25(21)32)18-5-7-19(29)8-6-18/h5-10,15,22H,11-14,16-17H2,1-4H3,(H,30,31)(H,33,34). The number of benzene rings is 2. The first-order chi connectivity index (χ1) is 17.4. The van der Waals surface area contributed by atoms with Crippen molar-refractivity contribution in [1.82, 2.24) is 5.32 Å². The number of ketones is 1. The molecule has 0 fully saturated rings. The molecule has 200 valence electrons. The molecule has 2 N–H and O–H groups in total. The first-order valence-corrected chi connectivity index (χ1v) is 12.2. The van der Waals surface area contributed by atoms with Crippen LogP contribution in [0.15, 0.2) is 42.5 Å². The Balaban J connectivity index is 1.43. The molecule has 0 saturated carbocycles. The minimum atomic E-state index is -0.868. The van der Waals surface area contributed by atoms with Gasteiger partial charge in [0.2, 0.25) is 0 Å². The number of fused-ring (bicyclic) bond motifs is 1. The molecule has 1 amide bonds. The summed E-state index contributed by atoms with van der Waals surface area (Å²) in [6.07, 6.45) is 0.922. The molecule has 0 bridgehead atoms. The molecular formula is C28H34FNO7. The van der Waals surface area contributed by atoms with Gasteiger partial charge in [-0.1, -0.05) is 12.1 Å². The summed E-state index contributed by atoms with van der Waals surface area (Å²) in [4.78, 5) is 36.3. The van der Waals surface area contributed by atoms with Crippen molar-refractivity contribution in [1.29, 1.82) is 0 Å². The zero-order valence-corrected chi connectivity index (χ0v) is 21.6. The molecule has 1 heterocycles. The summed E-state index contributed by atoms with van der Waals surface area (Å²) in [7, 11) is 0. The third kappa shape index (κ3) is 7.76. The van der Waals surface area contributed by atoms with Crippen molar-refractivity contribution in [3.63, 3.8) is 0 Å². The molecule has 1 aliphatic rings. The molecule has 1 aliphatic heterocycles. The Hall–Kier alpha value is -3.46. The van der Waals surface area contributed by atoms with Crippen molar-refractivity contribution >= 4 is 17.7 Å². The zero-order valence-electron chi connectivity index (χ0n) is 21.6. The summed E-state index contributed by atoms with van der Waals surface area (Å²) in [6, 6.07) is 10.6. The van der Waals surface area contributed by atoms with Crippen LogP contribution in [0, 0.1) is 11.2 Å². The maximum absolute atomic E-state index is 13.2. The monoisotopic (exact) mass is 515 g/mol. The minimum Gasteiger partial charge on any atom is -0.492 e. The molecular weight excluding hydrogens is 481 g/mol. The van der Waals surface area contributed by atoms with Gasteiger partial charge in [0.25, 0.3) is 5.91 Å². The fraction of sp³-hybridized carbons (Fsp3) is 0.464. The van der Waals surface area contributed by atoms with Gasteiger partial charge in [-0.05, 0) is 70.4 Å². The Bertz CT molecular complexity index is 1130. The average Bonchev–Trinajstić information content (AvgIpc) is 2.83. The predicted molar refractivity (Wildman–Crippen MR) is 135 cm³/mol. The molecule has 9 heteroatoms. The van der Waals surface area contributed by atoms with Crippen molar-refractivity contribution in [3.8, 4) is 11.5 Å². The number of amides is 1. The van der Waals surface area contributed by atoms with Crippen LogP contribution in [0.2, 0.25) is 0 Å². The van der Waals surface area contributed by atoms with E-state index in [9.17, 15) is 23.9 Å². The van der Waals surface area contributed by atoms with E-state index in [2.05, 4.69) is 5.32 Å². The smallest absolute Gasteiger partial charge is 0.309 e. The number of aliphatic carboxylic acids is 1.